The number of nitrogens with one attached hydrogen (secondary N) is 1. The van der Waals surface area contributed by atoms with Gasteiger partial charge >= 0.3 is 5.97 Å². The van der Waals surface area contributed by atoms with E-state index in [2.05, 4.69) is 10.4 Å². The monoisotopic (exact) mass is 257 g/mol. The van der Waals surface area contributed by atoms with Gasteiger partial charge in [-0.1, -0.05) is 11.6 Å². The van der Waals surface area contributed by atoms with Gasteiger partial charge in [0.15, 0.2) is 0 Å². The average Bonchev–Trinajstić information content (AvgIpc) is 2.65. The van der Waals surface area contributed by atoms with Crippen molar-refractivity contribution < 1.29 is 9.53 Å². The van der Waals surface area contributed by atoms with Gasteiger partial charge in [-0.2, -0.15) is 0 Å². The maximum absolute atomic E-state index is 11.7. The van der Waals surface area contributed by atoms with E-state index >= 15 is 0 Å². The van der Waals surface area contributed by atoms with E-state index in [4.69, 9.17) is 16.3 Å². The predicted molar refractivity (Wildman–Crippen MR) is 68.7 cm³/mol. The Hall–Kier alpha value is -1.49. The summed E-state index contributed by atoms with van der Waals surface area (Å²) in [5, 5.41) is 0.340. The van der Waals surface area contributed by atoms with Gasteiger partial charge in [0.25, 0.3) is 0 Å². The molecule has 1 aromatic rings. The first kappa shape index (κ1) is 13.6. The number of ether oxygens (including phenoxy) is 1. The molecule has 0 radical (unpaired) electrons. The molecule has 94 valence electrons. The fourth-order valence-corrected chi connectivity index (χ4v) is 1.78. The molecule has 0 fully saturated rings. The van der Waals surface area contributed by atoms with Gasteiger partial charge in [-0.3, -0.25) is 9.67 Å². The van der Waals surface area contributed by atoms with E-state index in [9.17, 15) is 4.79 Å². The maximum Gasteiger partial charge on any atom is 0.340 e. The second kappa shape index (κ2) is 5.72. The van der Waals surface area contributed by atoms with Crippen LogP contribution in [0.15, 0.2) is 11.2 Å². The van der Waals surface area contributed by atoms with Gasteiger partial charge in [0.2, 0.25) is 0 Å². The first-order valence-electron chi connectivity index (χ1n) is 5.26. The molecule has 1 rings (SSSR count). The third kappa shape index (κ3) is 2.61. The lowest BCUT2D eigenvalue weighted by atomic mass is 10.2. The van der Waals surface area contributed by atoms with Crippen LogP contribution >= 0.6 is 11.6 Å². The zero-order valence-electron chi connectivity index (χ0n) is 10.4. The van der Waals surface area contributed by atoms with Gasteiger partial charge in [-0.25, -0.2) is 4.79 Å². The number of halogens is 1. The van der Waals surface area contributed by atoms with Crippen molar-refractivity contribution in [3.63, 3.8) is 0 Å². The summed E-state index contributed by atoms with van der Waals surface area (Å²) in [6.07, 6.45) is 1.65. The highest BCUT2D eigenvalue weighted by atomic mass is 35.5. The van der Waals surface area contributed by atoms with Gasteiger partial charge in [-0.15, -0.1) is 0 Å². The molecule has 0 aliphatic heterocycles. The molecule has 0 aliphatic rings. The van der Waals surface area contributed by atoms with Crippen molar-refractivity contribution in [3.05, 3.63) is 23.0 Å². The molecule has 6 heteroatoms. The lowest BCUT2D eigenvalue weighted by molar-refractivity contribution is 0.0525. The van der Waals surface area contributed by atoms with Crippen molar-refractivity contribution >= 4 is 22.7 Å². The highest BCUT2D eigenvalue weighted by molar-refractivity contribution is 6.69. The lowest BCUT2D eigenvalue weighted by Gasteiger charge is -2.06. The summed E-state index contributed by atoms with van der Waals surface area (Å²) >= 11 is 6.01. The van der Waals surface area contributed by atoms with E-state index in [0.717, 1.165) is 5.56 Å². The van der Waals surface area contributed by atoms with Crippen molar-refractivity contribution in [3.8, 4) is 0 Å². The number of nitrogens with zero attached hydrogens (tertiary/aromatic N) is 2. The molecule has 0 aromatic carbocycles. The standard InChI is InChI=1S/C11H16ClN3O2/c1-5-17-11(16)8-6-15(14-4)9(7(8)2)10(12)13-3/h6,14H,5H2,1-4H3. The summed E-state index contributed by atoms with van der Waals surface area (Å²) in [5.74, 6) is -0.360. The fraction of sp³-hybridized carbons (Fsp3) is 0.455. The van der Waals surface area contributed by atoms with E-state index in [-0.39, 0.29) is 5.97 Å². The van der Waals surface area contributed by atoms with Crippen LogP contribution in [0.5, 0.6) is 0 Å². The van der Waals surface area contributed by atoms with Crippen LogP contribution in [0.3, 0.4) is 0 Å². The number of aliphatic imine (C=N–C) groups is 1. The molecule has 0 saturated carbocycles. The van der Waals surface area contributed by atoms with Crippen LogP contribution < -0.4 is 5.43 Å². The second-order valence-electron chi connectivity index (χ2n) is 3.34. The molecule has 0 spiro atoms. The number of hydrogen-bond donors (Lipinski definition) is 1. The summed E-state index contributed by atoms with van der Waals surface area (Å²) in [7, 11) is 3.33. The zero-order valence-corrected chi connectivity index (χ0v) is 11.1. The number of carbonyl (C=O) groups is 1. The molecule has 1 heterocycles. The third-order valence-corrected chi connectivity index (χ3v) is 2.73. The van der Waals surface area contributed by atoms with Crippen LogP contribution in [-0.2, 0) is 4.74 Å². The first-order valence-corrected chi connectivity index (χ1v) is 5.64. The minimum absolute atomic E-state index is 0.340. The molecule has 0 saturated heterocycles. The van der Waals surface area contributed by atoms with E-state index in [0.29, 0.717) is 23.0 Å². The van der Waals surface area contributed by atoms with Gasteiger partial charge in [0, 0.05) is 20.3 Å². The Morgan fingerprint density at radius 2 is 2.29 bits per heavy atom. The van der Waals surface area contributed by atoms with Crippen LogP contribution in [-0.4, -0.2) is 36.5 Å². The van der Waals surface area contributed by atoms with Crippen molar-refractivity contribution in [1.29, 1.82) is 0 Å². The topological polar surface area (TPSA) is 55.6 Å². The third-order valence-electron chi connectivity index (χ3n) is 2.39. The highest BCUT2D eigenvalue weighted by Crippen LogP contribution is 2.19. The molecule has 0 atom stereocenters. The molecular weight excluding hydrogens is 242 g/mol. The van der Waals surface area contributed by atoms with Crippen LogP contribution in [0.4, 0.5) is 0 Å². The number of rotatable bonds is 4. The molecule has 5 nitrogen and oxygen atoms in total. The Labute approximate surface area is 105 Å². The van der Waals surface area contributed by atoms with Crippen molar-refractivity contribution in [2.24, 2.45) is 4.99 Å². The molecule has 0 unspecified atom stereocenters. The Balaban J connectivity index is 3.28. The second-order valence-corrected chi connectivity index (χ2v) is 3.70. The molecular formula is C11H16ClN3O2. The summed E-state index contributed by atoms with van der Waals surface area (Å²) < 4.78 is 6.62. The van der Waals surface area contributed by atoms with Crippen molar-refractivity contribution in [2.75, 3.05) is 26.1 Å². The number of carbonyl (C=O) groups excluding carboxylic acids is 1. The number of aromatic nitrogens is 1. The van der Waals surface area contributed by atoms with E-state index in [1.54, 1.807) is 31.9 Å². The molecule has 1 N–H and O–H groups in total. The van der Waals surface area contributed by atoms with Crippen LogP contribution in [0.2, 0.25) is 0 Å². The number of hydrogen-bond acceptors (Lipinski definition) is 4. The highest BCUT2D eigenvalue weighted by Gasteiger charge is 2.20. The van der Waals surface area contributed by atoms with E-state index in [1.165, 1.54) is 0 Å². The van der Waals surface area contributed by atoms with Crippen LogP contribution in [0.1, 0.15) is 28.5 Å². The fourth-order valence-electron chi connectivity index (χ4n) is 1.55. The SMILES string of the molecule is CCOC(=O)c1cn(NC)c(C(Cl)=NC)c1C. The van der Waals surface area contributed by atoms with Gasteiger partial charge < -0.3 is 10.2 Å². The Morgan fingerprint density at radius 1 is 1.65 bits per heavy atom. The largest absolute Gasteiger partial charge is 0.462 e. The summed E-state index contributed by atoms with van der Waals surface area (Å²) in [5.41, 5.74) is 4.81. The molecule has 1 aromatic heterocycles. The van der Waals surface area contributed by atoms with Gasteiger partial charge in [0.05, 0.1) is 12.2 Å². The quantitative estimate of drug-likeness (QED) is 0.661. The minimum atomic E-state index is -0.360. The van der Waals surface area contributed by atoms with Gasteiger partial charge in [0.1, 0.15) is 10.9 Å². The summed E-state index contributed by atoms with van der Waals surface area (Å²) in [6, 6.07) is 0. The van der Waals surface area contributed by atoms with E-state index < -0.39 is 0 Å². The molecule has 0 amide bonds. The summed E-state index contributed by atoms with van der Waals surface area (Å²) in [4.78, 5) is 15.6. The average molecular weight is 258 g/mol. The van der Waals surface area contributed by atoms with Crippen LogP contribution in [0.25, 0.3) is 0 Å². The molecule has 17 heavy (non-hydrogen) atoms. The van der Waals surface area contributed by atoms with E-state index in [1.807, 2.05) is 6.92 Å². The molecule has 0 bridgehead atoms. The number of esters is 1. The predicted octanol–water partition coefficient (Wildman–Crippen LogP) is 1.76. The maximum atomic E-state index is 11.7. The normalized spacial score (nSPS) is 11.5. The van der Waals surface area contributed by atoms with Crippen LogP contribution in [0, 0.1) is 6.92 Å². The first-order chi connectivity index (χ1) is 8.06. The lowest BCUT2D eigenvalue weighted by Crippen LogP contribution is -2.13. The van der Waals surface area contributed by atoms with Crippen molar-refractivity contribution in [1.82, 2.24) is 4.68 Å². The van der Waals surface area contributed by atoms with Gasteiger partial charge in [-0.05, 0) is 19.4 Å². The summed E-state index contributed by atoms with van der Waals surface area (Å²) in [6.45, 7) is 3.92. The Morgan fingerprint density at radius 3 is 2.76 bits per heavy atom. The Kier molecular flexibility index (Phi) is 4.57. The smallest absolute Gasteiger partial charge is 0.340 e. The minimum Gasteiger partial charge on any atom is -0.462 e. The Bertz CT molecular complexity index is 452. The molecule has 0 aliphatic carbocycles. The zero-order chi connectivity index (χ0) is 13.0. The van der Waals surface area contributed by atoms with Crippen molar-refractivity contribution in [2.45, 2.75) is 13.8 Å².